The lowest BCUT2D eigenvalue weighted by atomic mass is 9.96. The summed E-state index contributed by atoms with van der Waals surface area (Å²) >= 11 is 0. The van der Waals surface area contributed by atoms with Crippen LogP contribution in [0.2, 0.25) is 0 Å². The van der Waals surface area contributed by atoms with E-state index in [0.717, 1.165) is 22.3 Å². The number of isocyanates is 1. The summed E-state index contributed by atoms with van der Waals surface area (Å²) in [6.07, 6.45) is 6.06. The third kappa shape index (κ3) is 5.08. The molecule has 6 nitrogen and oxygen atoms in total. The smallest absolute Gasteiger partial charge is 0.292 e. The van der Waals surface area contributed by atoms with Gasteiger partial charge < -0.3 is 9.47 Å². The zero-order valence-corrected chi connectivity index (χ0v) is 15.3. The summed E-state index contributed by atoms with van der Waals surface area (Å²) in [5, 5.41) is 17.1. The van der Waals surface area contributed by atoms with Crippen LogP contribution in [0, 0.1) is 23.0 Å². The highest BCUT2D eigenvalue weighted by Gasteiger charge is 2.10. The Morgan fingerprint density at radius 2 is 1.17 bits per heavy atom. The third-order valence-electron chi connectivity index (χ3n) is 4.32. The van der Waals surface area contributed by atoms with Crippen LogP contribution in [0.5, 0.6) is 11.5 Å². The van der Waals surface area contributed by atoms with Crippen LogP contribution in [0.1, 0.15) is 22.3 Å². The van der Waals surface area contributed by atoms with Crippen molar-refractivity contribution >= 4 is 11.8 Å². The van der Waals surface area contributed by atoms with Crippen LogP contribution in [0.15, 0.2) is 71.7 Å². The largest absolute Gasteiger partial charge is 0.388 e. The number of aliphatic imine (C=N–C) groups is 1. The lowest BCUT2D eigenvalue weighted by molar-refractivity contribution is 0.506. The Hall–Kier alpha value is -4.38. The molecule has 0 heterocycles. The van der Waals surface area contributed by atoms with Crippen molar-refractivity contribution in [2.75, 3.05) is 0 Å². The number of carbonyl (C=O) groups excluding carboxylic acids is 1. The zero-order chi connectivity index (χ0) is 20.5. The predicted molar refractivity (Wildman–Crippen MR) is 105 cm³/mol. The van der Waals surface area contributed by atoms with Gasteiger partial charge in [-0.15, -0.1) is 10.5 Å². The molecule has 140 valence electrons. The minimum atomic E-state index is 0.472. The molecule has 0 atom stereocenters. The fourth-order valence-corrected chi connectivity index (χ4v) is 3.01. The van der Waals surface area contributed by atoms with Gasteiger partial charge in [-0.1, -0.05) is 42.5 Å². The first-order valence-corrected chi connectivity index (χ1v) is 8.72. The first-order valence-electron chi connectivity index (χ1n) is 8.72. The summed E-state index contributed by atoms with van der Waals surface area (Å²) in [4.78, 5) is 15.0. The predicted octanol–water partition coefficient (Wildman–Crippen LogP) is 4.56. The molecule has 0 radical (unpaired) electrons. The number of rotatable bonds is 7. The second kappa shape index (κ2) is 9.53. The number of nitrogens with zero attached hydrogens (tertiary/aromatic N) is 3. The molecule has 29 heavy (non-hydrogen) atoms. The van der Waals surface area contributed by atoms with Crippen LogP contribution in [0.4, 0.5) is 5.69 Å². The highest BCUT2D eigenvalue weighted by molar-refractivity contribution is 5.60. The Labute approximate surface area is 167 Å². The molecule has 0 N–H and O–H groups in total. The van der Waals surface area contributed by atoms with Gasteiger partial charge in [-0.3, -0.25) is 0 Å². The molecule has 0 amide bonds. The van der Waals surface area contributed by atoms with Crippen molar-refractivity contribution in [2.45, 2.75) is 12.8 Å². The number of hydrogen-bond donors (Lipinski definition) is 0. The molecule has 0 aromatic heterocycles. The van der Waals surface area contributed by atoms with Crippen molar-refractivity contribution in [1.29, 1.82) is 10.5 Å². The highest BCUT2D eigenvalue weighted by Crippen LogP contribution is 2.29. The molecular weight excluding hydrogens is 366 g/mol. The molecule has 0 aliphatic heterocycles. The normalized spacial score (nSPS) is 9.59. The van der Waals surface area contributed by atoms with Gasteiger partial charge in [0.2, 0.25) is 6.08 Å². The second-order valence-corrected chi connectivity index (χ2v) is 6.16. The van der Waals surface area contributed by atoms with Crippen LogP contribution in [0.3, 0.4) is 0 Å². The summed E-state index contributed by atoms with van der Waals surface area (Å²) in [5.74, 6) is 0.944. The van der Waals surface area contributed by atoms with E-state index < -0.39 is 0 Å². The van der Waals surface area contributed by atoms with Crippen molar-refractivity contribution < 1.29 is 14.3 Å². The van der Waals surface area contributed by atoms with Gasteiger partial charge in [-0.2, -0.15) is 4.99 Å². The van der Waals surface area contributed by atoms with E-state index in [-0.39, 0.29) is 0 Å². The molecule has 0 aliphatic rings. The second-order valence-electron chi connectivity index (χ2n) is 6.16. The topological polar surface area (TPSA) is 95.5 Å². The SMILES string of the molecule is N#COc1ccc(Cc2cccc(Cc3ccc(OC#N)cc3)c2N=C=O)cc1. The van der Waals surface area contributed by atoms with E-state index in [4.69, 9.17) is 20.0 Å². The van der Waals surface area contributed by atoms with Crippen molar-refractivity contribution in [1.82, 2.24) is 0 Å². The van der Waals surface area contributed by atoms with Gasteiger partial charge in [0.25, 0.3) is 12.5 Å². The Morgan fingerprint density at radius 3 is 1.55 bits per heavy atom. The van der Waals surface area contributed by atoms with Gasteiger partial charge in [0.1, 0.15) is 11.5 Å². The van der Waals surface area contributed by atoms with Crippen molar-refractivity contribution in [3.63, 3.8) is 0 Å². The maximum atomic E-state index is 11.0. The van der Waals surface area contributed by atoms with E-state index in [1.165, 1.54) is 0 Å². The minimum absolute atomic E-state index is 0.472. The summed E-state index contributed by atoms with van der Waals surface area (Å²) in [7, 11) is 0. The molecule has 6 heteroatoms. The molecule has 3 aromatic carbocycles. The quantitative estimate of drug-likeness (QED) is 0.340. The van der Waals surface area contributed by atoms with Crippen LogP contribution >= 0.6 is 0 Å². The summed E-state index contributed by atoms with van der Waals surface area (Å²) in [5.41, 5.74) is 4.37. The Morgan fingerprint density at radius 1 is 0.724 bits per heavy atom. The number of nitriles is 2. The summed E-state index contributed by atoms with van der Waals surface area (Å²) in [6.45, 7) is 0. The summed E-state index contributed by atoms with van der Waals surface area (Å²) in [6, 6.07) is 20.1. The van der Waals surface area contributed by atoms with Gasteiger partial charge in [0.05, 0.1) is 5.69 Å². The minimum Gasteiger partial charge on any atom is -0.388 e. The molecule has 0 aliphatic carbocycles. The lowest BCUT2D eigenvalue weighted by Crippen LogP contribution is -1.95. The first-order chi connectivity index (χ1) is 14.2. The lowest BCUT2D eigenvalue weighted by Gasteiger charge is -2.11. The molecular formula is C23H15N3O3. The van der Waals surface area contributed by atoms with E-state index in [2.05, 4.69) is 4.99 Å². The number of para-hydroxylation sites is 1. The molecule has 0 saturated carbocycles. The first kappa shape index (κ1) is 19.4. The number of hydrogen-bond acceptors (Lipinski definition) is 6. The highest BCUT2D eigenvalue weighted by atomic mass is 16.5. The summed E-state index contributed by atoms with van der Waals surface area (Å²) < 4.78 is 9.58. The molecule has 3 aromatic rings. The Balaban J connectivity index is 1.86. The average Bonchev–Trinajstić information content (AvgIpc) is 2.74. The maximum absolute atomic E-state index is 11.0. The molecule has 0 spiro atoms. The van der Waals surface area contributed by atoms with Crippen molar-refractivity contribution in [3.8, 4) is 24.0 Å². The maximum Gasteiger partial charge on any atom is 0.292 e. The van der Waals surface area contributed by atoms with Gasteiger partial charge in [-0.25, -0.2) is 4.79 Å². The standard InChI is InChI=1S/C23H15N3O3/c24-14-28-21-8-4-17(5-9-21)12-19-2-1-3-20(23(19)26-16-27)13-18-6-10-22(11-7-18)29-15-25/h1-11H,12-13H2. The van der Waals surface area contributed by atoms with E-state index >= 15 is 0 Å². The molecule has 0 unspecified atom stereocenters. The van der Waals surface area contributed by atoms with E-state index in [9.17, 15) is 4.79 Å². The van der Waals surface area contributed by atoms with Gasteiger partial charge in [0, 0.05) is 0 Å². The molecule has 0 fully saturated rings. The number of benzene rings is 3. The Kier molecular flexibility index (Phi) is 6.37. The van der Waals surface area contributed by atoms with Gasteiger partial charge >= 0.3 is 0 Å². The van der Waals surface area contributed by atoms with Crippen LogP contribution < -0.4 is 9.47 Å². The van der Waals surface area contributed by atoms with Crippen molar-refractivity contribution in [2.24, 2.45) is 4.99 Å². The third-order valence-corrected chi connectivity index (χ3v) is 4.32. The molecule has 0 saturated heterocycles. The van der Waals surface area contributed by atoms with Gasteiger partial charge in [0.15, 0.2) is 0 Å². The fourth-order valence-electron chi connectivity index (χ4n) is 3.01. The molecule has 0 bridgehead atoms. The van der Waals surface area contributed by atoms with E-state index in [1.54, 1.807) is 42.9 Å². The average molecular weight is 381 g/mol. The number of ether oxygens (including phenoxy) is 2. The Bertz CT molecular complexity index is 1040. The van der Waals surface area contributed by atoms with Crippen LogP contribution in [-0.2, 0) is 17.6 Å². The van der Waals surface area contributed by atoms with E-state index in [1.807, 2.05) is 42.5 Å². The van der Waals surface area contributed by atoms with Crippen LogP contribution in [-0.4, -0.2) is 6.08 Å². The zero-order valence-electron chi connectivity index (χ0n) is 15.3. The van der Waals surface area contributed by atoms with Gasteiger partial charge in [-0.05, 0) is 59.4 Å². The monoisotopic (exact) mass is 381 g/mol. The van der Waals surface area contributed by atoms with E-state index in [0.29, 0.717) is 30.0 Å². The fraction of sp³-hybridized carbons (Fsp3) is 0.0870. The van der Waals surface area contributed by atoms with Crippen LogP contribution in [0.25, 0.3) is 0 Å². The molecule has 3 rings (SSSR count). The van der Waals surface area contributed by atoms with Crippen molar-refractivity contribution in [3.05, 3.63) is 89.0 Å².